The Hall–Kier alpha value is -0.300. The van der Waals surface area contributed by atoms with Gasteiger partial charge in [-0.25, -0.2) is 0 Å². The third kappa shape index (κ3) is 6.43. The summed E-state index contributed by atoms with van der Waals surface area (Å²) in [6.07, 6.45) is 17.6. The van der Waals surface area contributed by atoms with Gasteiger partial charge in [0.1, 0.15) is 0 Å². The van der Waals surface area contributed by atoms with Crippen molar-refractivity contribution in [3.8, 4) is 0 Å². The molecule has 0 saturated carbocycles. The van der Waals surface area contributed by atoms with Crippen LogP contribution in [0, 0.1) is 5.92 Å². The summed E-state index contributed by atoms with van der Waals surface area (Å²) in [6.45, 7) is 8.13. The Kier molecular flexibility index (Phi) is 10.1. The van der Waals surface area contributed by atoms with E-state index in [-0.39, 0.29) is 0 Å². The maximum absolute atomic E-state index is 3.89. The van der Waals surface area contributed by atoms with Gasteiger partial charge in [-0.1, -0.05) is 58.1 Å². The Labute approximate surface area is 127 Å². The van der Waals surface area contributed by atoms with Crippen LogP contribution >= 0.6 is 0 Å². The van der Waals surface area contributed by atoms with Gasteiger partial charge >= 0.3 is 0 Å². The Morgan fingerprint density at radius 1 is 0.950 bits per heavy atom. The molecule has 0 aromatic heterocycles. The first-order valence-electron chi connectivity index (χ1n) is 9.25. The molecule has 1 nitrogen and oxygen atoms in total. The average molecular weight is 280 g/mol. The quantitative estimate of drug-likeness (QED) is 0.522. The fraction of sp³-hybridized carbons (Fsp3) is 0.895. The average Bonchev–Trinajstić information content (AvgIpc) is 2.41. The van der Waals surface area contributed by atoms with Gasteiger partial charge in [-0.15, -0.1) is 0 Å². The molecule has 1 heteroatoms. The molecule has 20 heavy (non-hydrogen) atoms. The van der Waals surface area contributed by atoms with E-state index in [1.54, 1.807) is 5.57 Å². The largest absolute Gasteiger partial charge is 0.310 e. The van der Waals surface area contributed by atoms with E-state index in [0.29, 0.717) is 6.04 Å². The minimum atomic E-state index is 0.660. The van der Waals surface area contributed by atoms with Gasteiger partial charge in [-0.3, -0.25) is 0 Å². The second-order valence-electron chi connectivity index (χ2n) is 6.50. The maximum Gasteiger partial charge on any atom is 0.0307 e. The topological polar surface area (TPSA) is 12.0 Å². The van der Waals surface area contributed by atoms with Crippen LogP contribution in [-0.2, 0) is 0 Å². The third-order valence-electron chi connectivity index (χ3n) is 4.63. The van der Waals surface area contributed by atoms with Gasteiger partial charge in [0.05, 0.1) is 0 Å². The molecule has 0 aromatic rings. The molecule has 0 amide bonds. The third-order valence-corrected chi connectivity index (χ3v) is 4.63. The van der Waals surface area contributed by atoms with Gasteiger partial charge in [-0.05, 0) is 57.4 Å². The second-order valence-corrected chi connectivity index (χ2v) is 6.50. The smallest absolute Gasteiger partial charge is 0.0307 e. The van der Waals surface area contributed by atoms with Crippen LogP contribution in [0.15, 0.2) is 11.6 Å². The van der Waals surface area contributed by atoms with Crippen molar-refractivity contribution >= 4 is 0 Å². The number of nitrogens with one attached hydrogen (secondary N) is 1. The van der Waals surface area contributed by atoms with Crippen molar-refractivity contribution in [3.05, 3.63) is 11.6 Å². The van der Waals surface area contributed by atoms with Gasteiger partial charge in [-0.2, -0.15) is 0 Å². The first-order valence-corrected chi connectivity index (χ1v) is 9.25. The lowest BCUT2D eigenvalue weighted by atomic mass is 9.82. The number of hydrogen-bond donors (Lipinski definition) is 1. The molecule has 1 rings (SSSR count). The minimum absolute atomic E-state index is 0.660. The molecule has 0 aliphatic heterocycles. The van der Waals surface area contributed by atoms with Gasteiger partial charge in [0.15, 0.2) is 0 Å². The Morgan fingerprint density at radius 3 is 2.30 bits per heavy atom. The summed E-state index contributed by atoms with van der Waals surface area (Å²) < 4.78 is 0. The standard InChI is InChI=1S/C19H37N/c1-4-12-17(13-5-2)19(20-16-6-3)18-14-10-8-7-9-11-15-18/h14,17,19-20H,4-13,15-16H2,1-3H3. The number of hydrogen-bond acceptors (Lipinski definition) is 1. The van der Waals surface area contributed by atoms with Gasteiger partial charge in [0.25, 0.3) is 0 Å². The molecule has 1 aliphatic carbocycles. The van der Waals surface area contributed by atoms with Crippen LogP contribution in [0.3, 0.4) is 0 Å². The molecule has 1 atom stereocenters. The van der Waals surface area contributed by atoms with Crippen molar-refractivity contribution in [2.24, 2.45) is 5.92 Å². The lowest BCUT2D eigenvalue weighted by molar-refractivity contribution is 0.334. The van der Waals surface area contributed by atoms with E-state index in [9.17, 15) is 0 Å². The molecule has 1 aliphatic rings. The SMILES string of the molecule is CCCNC(C1=CCCCCCC1)C(CCC)CCC. The van der Waals surface area contributed by atoms with Gasteiger partial charge < -0.3 is 5.32 Å². The van der Waals surface area contributed by atoms with Crippen molar-refractivity contribution in [2.75, 3.05) is 6.54 Å². The summed E-state index contributed by atoms with van der Waals surface area (Å²) in [5.41, 5.74) is 1.74. The first kappa shape index (κ1) is 17.8. The zero-order valence-electron chi connectivity index (χ0n) is 14.2. The molecule has 0 fully saturated rings. The van der Waals surface area contributed by atoms with Crippen molar-refractivity contribution in [1.82, 2.24) is 5.32 Å². The molecule has 0 heterocycles. The Bertz CT molecular complexity index is 250. The zero-order valence-corrected chi connectivity index (χ0v) is 14.2. The summed E-state index contributed by atoms with van der Waals surface area (Å²) in [5, 5.41) is 3.89. The van der Waals surface area contributed by atoms with Crippen LogP contribution in [0.4, 0.5) is 0 Å². The van der Waals surface area contributed by atoms with E-state index >= 15 is 0 Å². The van der Waals surface area contributed by atoms with Crippen molar-refractivity contribution in [3.63, 3.8) is 0 Å². The molecular weight excluding hydrogens is 242 g/mol. The highest BCUT2D eigenvalue weighted by atomic mass is 14.9. The lowest BCUT2D eigenvalue weighted by Gasteiger charge is -2.31. The molecular formula is C19H37N. The molecule has 0 saturated heterocycles. The monoisotopic (exact) mass is 279 g/mol. The van der Waals surface area contributed by atoms with E-state index in [2.05, 4.69) is 32.2 Å². The van der Waals surface area contributed by atoms with Crippen LogP contribution in [0.2, 0.25) is 0 Å². The van der Waals surface area contributed by atoms with Crippen molar-refractivity contribution in [1.29, 1.82) is 0 Å². The van der Waals surface area contributed by atoms with Crippen LogP contribution in [0.1, 0.15) is 91.4 Å². The highest BCUT2D eigenvalue weighted by Gasteiger charge is 2.23. The molecule has 1 N–H and O–H groups in total. The van der Waals surface area contributed by atoms with Gasteiger partial charge in [0.2, 0.25) is 0 Å². The van der Waals surface area contributed by atoms with E-state index in [1.165, 1.54) is 77.2 Å². The second kappa shape index (κ2) is 11.4. The van der Waals surface area contributed by atoms with E-state index in [0.717, 1.165) is 5.92 Å². The van der Waals surface area contributed by atoms with Gasteiger partial charge in [0, 0.05) is 6.04 Å². The van der Waals surface area contributed by atoms with Crippen molar-refractivity contribution < 1.29 is 0 Å². The van der Waals surface area contributed by atoms with Crippen LogP contribution in [0.25, 0.3) is 0 Å². The van der Waals surface area contributed by atoms with Crippen LogP contribution in [-0.4, -0.2) is 12.6 Å². The molecule has 0 aromatic carbocycles. The fourth-order valence-corrected chi connectivity index (χ4v) is 3.62. The molecule has 0 bridgehead atoms. The van der Waals surface area contributed by atoms with Crippen LogP contribution in [0.5, 0.6) is 0 Å². The minimum Gasteiger partial charge on any atom is -0.310 e. The lowest BCUT2D eigenvalue weighted by Crippen LogP contribution is -2.38. The summed E-state index contributed by atoms with van der Waals surface area (Å²) in [4.78, 5) is 0. The maximum atomic E-state index is 3.89. The molecule has 0 radical (unpaired) electrons. The highest BCUT2D eigenvalue weighted by molar-refractivity contribution is 5.13. The van der Waals surface area contributed by atoms with E-state index in [4.69, 9.17) is 0 Å². The van der Waals surface area contributed by atoms with E-state index in [1.807, 2.05) is 0 Å². The fourth-order valence-electron chi connectivity index (χ4n) is 3.62. The predicted octanol–water partition coefficient (Wildman–Crippen LogP) is 5.85. The summed E-state index contributed by atoms with van der Waals surface area (Å²) in [5.74, 6) is 0.849. The van der Waals surface area contributed by atoms with Crippen molar-refractivity contribution in [2.45, 2.75) is 97.4 Å². The number of rotatable bonds is 9. The summed E-state index contributed by atoms with van der Waals surface area (Å²) in [7, 11) is 0. The zero-order chi connectivity index (χ0) is 14.6. The number of allylic oxidation sites excluding steroid dienone is 1. The summed E-state index contributed by atoms with van der Waals surface area (Å²) >= 11 is 0. The summed E-state index contributed by atoms with van der Waals surface area (Å²) in [6, 6.07) is 0.660. The van der Waals surface area contributed by atoms with Crippen LogP contribution < -0.4 is 5.32 Å². The molecule has 118 valence electrons. The Morgan fingerprint density at radius 2 is 1.65 bits per heavy atom. The Balaban J connectivity index is 2.77. The van der Waals surface area contributed by atoms with E-state index < -0.39 is 0 Å². The predicted molar refractivity (Wildman–Crippen MR) is 91.2 cm³/mol. The normalized spacial score (nSPS) is 18.5. The first-order chi connectivity index (χ1) is 9.83. The molecule has 0 spiro atoms. The molecule has 1 unspecified atom stereocenters. The highest BCUT2D eigenvalue weighted by Crippen LogP contribution is 2.28.